The second-order valence-corrected chi connectivity index (χ2v) is 4.45. The highest BCUT2D eigenvalue weighted by Gasteiger charge is 2.27. The van der Waals surface area contributed by atoms with Crippen molar-refractivity contribution in [1.29, 1.82) is 0 Å². The number of pyridine rings is 1. The maximum Gasteiger partial charge on any atom is 0.227 e. The van der Waals surface area contributed by atoms with E-state index in [0.717, 1.165) is 30.6 Å². The van der Waals surface area contributed by atoms with Gasteiger partial charge in [-0.15, -0.1) is 12.4 Å². The molecule has 0 aromatic carbocycles. The van der Waals surface area contributed by atoms with Gasteiger partial charge in [0.25, 0.3) is 0 Å². The van der Waals surface area contributed by atoms with Crippen molar-refractivity contribution in [3.05, 3.63) is 24.0 Å². The third-order valence-electron chi connectivity index (χ3n) is 3.02. The molecule has 2 atom stereocenters. The molecule has 2 unspecified atom stereocenters. The Labute approximate surface area is 107 Å². The fraction of sp³-hybridized carbons (Fsp3) is 0.500. The van der Waals surface area contributed by atoms with Gasteiger partial charge in [0.2, 0.25) is 5.91 Å². The lowest BCUT2D eigenvalue weighted by atomic mass is 10.1. The van der Waals surface area contributed by atoms with Crippen molar-refractivity contribution >= 4 is 24.0 Å². The van der Waals surface area contributed by atoms with Crippen molar-refractivity contribution in [1.82, 2.24) is 4.98 Å². The first kappa shape index (κ1) is 13.9. The van der Waals surface area contributed by atoms with Crippen LogP contribution in [-0.4, -0.2) is 16.9 Å². The van der Waals surface area contributed by atoms with E-state index in [1.807, 2.05) is 19.1 Å². The smallest absolute Gasteiger partial charge is 0.227 e. The number of nitrogens with one attached hydrogen (secondary N) is 1. The van der Waals surface area contributed by atoms with Crippen molar-refractivity contribution in [2.24, 2.45) is 11.7 Å². The number of hydrogen-bond donors (Lipinski definition) is 2. The highest BCUT2D eigenvalue weighted by atomic mass is 35.5. The average Bonchev–Trinajstić information content (AvgIpc) is 2.68. The van der Waals surface area contributed by atoms with Gasteiger partial charge in [-0.25, -0.2) is 0 Å². The molecule has 5 heteroatoms. The van der Waals surface area contributed by atoms with Gasteiger partial charge in [-0.2, -0.15) is 0 Å². The number of carbonyl (C=O) groups excluding carboxylic acids is 1. The summed E-state index contributed by atoms with van der Waals surface area (Å²) in [6.45, 7) is 1.92. The molecule has 1 heterocycles. The highest BCUT2D eigenvalue weighted by Crippen LogP contribution is 2.25. The second-order valence-electron chi connectivity index (χ2n) is 4.45. The first-order chi connectivity index (χ1) is 7.65. The molecule has 1 saturated carbocycles. The van der Waals surface area contributed by atoms with Crippen molar-refractivity contribution in [3.63, 3.8) is 0 Å². The molecule has 1 aromatic rings. The standard InChI is InChI=1S/C12H17N3O.ClH/c1-8-2-5-11(7-14-8)15-12(16)9-3-4-10(13)6-9;/h2,5,7,9-10H,3-4,6,13H2,1H3,(H,15,16);1H. The Morgan fingerprint density at radius 1 is 1.47 bits per heavy atom. The number of anilines is 1. The number of nitrogens with two attached hydrogens (primary N) is 1. The number of amides is 1. The SMILES string of the molecule is Cc1ccc(NC(=O)C2CCC(N)C2)cn1.Cl. The van der Waals surface area contributed by atoms with Gasteiger partial charge in [-0.1, -0.05) is 0 Å². The first-order valence-electron chi connectivity index (χ1n) is 5.64. The Kier molecular flexibility index (Phi) is 4.90. The Balaban J connectivity index is 0.00000144. The first-order valence-corrected chi connectivity index (χ1v) is 5.64. The zero-order valence-corrected chi connectivity index (χ0v) is 10.7. The molecule has 4 nitrogen and oxygen atoms in total. The van der Waals surface area contributed by atoms with Crippen LogP contribution in [0.15, 0.2) is 18.3 Å². The summed E-state index contributed by atoms with van der Waals surface area (Å²) in [7, 11) is 0. The molecule has 1 fully saturated rings. The summed E-state index contributed by atoms with van der Waals surface area (Å²) < 4.78 is 0. The monoisotopic (exact) mass is 255 g/mol. The highest BCUT2D eigenvalue weighted by molar-refractivity contribution is 5.92. The van der Waals surface area contributed by atoms with Gasteiger partial charge in [-0.3, -0.25) is 9.78 Å². The minimum atomic E-state index is 0. The number of nitrogens with zero attached hydrogens (tertiary/aromatic N) is 1. The second kappa shape index (κ2) is 5.98. The molecule has 3 N–H and O–H groups in total. The van der Waals surface area contributed by atoms with Gasteiger partial charge < -0.3 is 11.1 Å². The molecule has 1 aliphatic rings. The summed E-state index contributed by atoms with van der Waals surface area (Å²) in [4.78, 5) is 16.0. The molecular weight excluding hydrogens is 238 g/mol. The van der Waals surface area contributed by atoms with Gasteiger partial charge in [0, 0.05) is 17.7 Å². The molecule has 2 rings (SSSR count). The number of carbonyl (C=O) groups is 1. The minimum Gasteiger partial charge on any atom is -0.328 e. The molecule has 0 radical (unpaired) electrons. The summed E-state index contributed by atoms with van der Waals surface area (Å²) in [5, 5.41) is 2.87. The molecule has 94 valence electrons. The van der Waals surface area contributed by atoms with Crippen LogP contribution in [0.2, 0.25) is 0 Å². The number of hydrogen-bond acceptors (Lipinski definition) is 3. The fourth-order valence-corrected chi connectivity index (χ4v) is 2.04. The maximum atomic E-state index is 11.9. The van der Waals surface area contributed by atoms with Crippen LogP contribution in [-0.2, 0) is 4.79 Å². The van der Waals surface area contributed by atoms with E-state index in [-0.39, 0.29) is 30.3 Å². The molecule has 0 aliphatic heterocycles. The molecule has 17 heavy (non-hydrogen) atoms. The Hall–Kier alpha value is -1.13. The summed E-state index contributed by atoms with van der Waals surface area (Å²) in [5.74, 6) is 0.134. The minimum absolute atomic E-state index is 0. The summed E-state index contributed by atoms with van der Waals surface area (Å²) >= 11 is 0. The third kappa shape index (κ3) is 3.68. The molecule has 0 spiro atoms. The van der Waals surface area contributed by atoms with Crippen LogP contribution in [0.5, 0.6) is 0 Å². The summed E-state index contributed by atoms with van der Waals surface area (Å²) in [5.41, 5.74) is 7.49. The van der Waals surface area contributed by atoms with E-state index in [0.29, 0.717) is 0 Å². The number of aromatic nitrogens is 1. The summed E-state index contributed by atoms with van der Waals surface area (Å²) in [6, 6.07) is 3.94. The van der Waals surface area contributed by atoms with Crippen LogP contribution in [0, 0.1) is 12.8 Å². The fourth-order valence-electron chi connectivity index (χ4n) is 2.04. The largest absolute Gasteiger partial charge is 0.328 e. The summed E-state index contributed by atoms with van der Waals surface area (Å²) in [6.07, 6.45) is 4.32. The predicted molar refractivity (Wildman–Crippen MR) is 70.2 cm³/mol. The van der Waals surface area contributed by atoms with E-state index >= 15 is 0 Å². The van der Waals surface area contributed by atoms with E-state index in [1.54, 1.807) is 6.20 Å². The van der Waals surface area contributed by atoms with Gasteiger partial charge in [0.05, 0.1) is 11.9 Å². The van der Waals surface area contributed by atoms with Crippen molar-refractivity contribution in [2.75, 3.05) is 5.32 Å². The quantitative estimate of drug-likeness (QED) is 0.848. The van der Waals surface area contributed by atoms with E-state index in [1.165, 1.54) is 0 Å². The normalized spacial score (nSPS) is 22.9. The Bertz CT molecular complexity index is 380. The number of rotatable bonds is 2. The van der Waals surface area contributed by atoms with E-state index in [2.05, 4.69) is 10.3 Å². The average molecular weight is 256 g/mol. The van der Waals surface area contributed by atoms with E-state index in [4.69, 9.17) is 5.73 Å². The van der Waals surface area contributed by atoms with Crippen molar-refractivity contribution < 1.29 is 4.79 Å². The third-order valence-corrected chi connectivity index (χ3v) is 3.02. The zero-order chi connectivity index (χ0) is 11.5. The van der Waals surface area contributed by atoms with Gasteiger partial charge in [-0.05, 0) is 38.3 Å². The zero-order valence-electron chi connectivity index (χ0n) is 9.85. The van der Waals surface area contributed by atoms with Crippen LogP contribution in [0.4, 0.5) is 5.69 Å². The topological polar surface area (TPSA) is 68.0 Å². The van der Waals surface area contributed by atoms with E-state index < -0.39 is 0 Å². The number of halogens is 1. The van der Waals surface area contributed by atoms with Gasteiger partial charge in [0.1, 0.15) is 0 Å². The van der Waals surface area contributed by atoms with Crippen LogP contribution in [0.1, 0.15) is 25.0 Å². The molecule has 1 amide bonds. The molecule has 1 aromatic heterocycles. The van der Waals surface area contributed by atoms with E-state index in [9.17, 15) is 4.79 Å². The molecule has 0 bridgehead atoms. The van der Waals surface area contributed by atoms with Crippen molar-refractivity contribution in [2.45, 2.75) is 32.2 Å². The Morgan fingerprint density at radius 3 is 2.76 bits per heavy atom. The van der Waals surface area contributed by atoms with Crippen LogP contribution in [0.3, 0.4) is 0 Å². The molecular formula is C12H18ClN3O. The lowest BCUT2D eigenvalue weighted by Gasteiger charge is -2.10. The van der Waals surface area contributed by atoms with Crippen LogP contribution in [0.25, 0.3) is 0 Å². The van der Waals surface area contributed by atoms with Gasteiger partial charge in [0.15, 0.2) is 0 Å². The van der Waals surface area contributed by atoms with Crippen LogP contribution >= 0.6 is 12.4 Å². The maximum absolute atomic E-state index is 11.9. The van der Waals surface area contributed by atoms with Crippen LogP contribution < -0.4 is 11.1 Å². The predicted octanol–water partition coefficient (Wildman–Crippen LogP) is 1.88. The Morgan fingerprint density at radius 2 is 2.24 bits per heavy atom. The molecule has 1 aliphatic carbocycles. The molecule has 0 saturated heterocycles. The van der Waals surface area contributed by atoms with Crippen molar-refractivity contribution in [3.8, 4) is 0 Å². The lowest BCUT2D eigenvalue weighted by molar-refractivity contribution is -0.119. The lowest BCUT2D eigenvalue weighted by Crippen LogP contribution is -2.23. The number of aryl methyl sites for hydroxylation is 1. The van der Waals surface area contributed by atoms with Gasteiger partial charge >= 0.3 is 0 Å².